The molecule has 10 heteroatoms. The normalized spacial score (nSPS) is 19.4. The molecule has 2 aliphatic rings. The summed E-state index contributed by atoms with van der Waals surface area (Å²) < 4.78 is 13.3. The minimum Gasteiger partial charge on any atom is -0.378 e. The molecule has 0 spiro atoms. The maximum absolute atomic E-state index is 11.4. The summed E-state index contributed by atoms with van der Waals surface area (Å²) in [4.78, 5) is 21.5. The molecule has 1 unspecified atom stereocenters. The van der Waals surface area contributed by atoms with Crippen LogP contribution in [0.25, 0.3) is 33.5 Å². The van der Waals surface area contributed by atoms with Crippen molar-refractivity contribution >= 4 is 33.3 Å². The molecular formula is C23H24N6O4. The number of nitro groups is 1. The lowest BCUT2D eigenvalue weighted by Gasteiger charge is -2.28. The van der Waals surface area contributed by atoms with Crippen LogP contribution in [0.1, 0.15) is 25.5 Å². The van der Waals surface area contributed by atoms with E-state index in [-0.39, 0.29) is 16.8 Å². The molecule has 0 radical (unpaired) electrons. The van der Waals surface area contributed by atoms with E-state index in [4.69, 9.17) is 19.6 Å². The Labute approximate surface area is 189 Å². The summed E-state index contributed by atoms with van der Waals surface area (Å²) in [6.45, 7) is 3.83. The number of benzene rings is 2. The van der Waals surface area contributed by atoms with Crippen LogP contribution in [0.15, 0.2) is 36.4 Å². The van der Waals surface area contributed by atoms with Crippen LogP contribution >= 0.6 is 0 Å². The van der Waals surface area contributed by atoms with E-state index in [0.717, 1.165) is 67.8 Å². The average Bonchev–Trinajstić information content (AvgIpc) is 3.45. The summed E-state index contributed by atoms with van der Waals surface area (Å²) >= 11 is 0. The summed E-state index contributed by atoms with van der Waals surface area (Å²) in [5, 5.41) is 17.0. The first kappa shape index (κ1) is 20.1. The Hall–Kier alpha value is -3.50. The Morgan fingerprint density at radius 3 is 2.76 bits per heavy atom. The van der Waals surface area contributed by atoms with Crippen molar-refractivity contribution in [2.75, 3.05) is 37.8 Å². The maximum atomic E-state index is 11.4. The number of aromatic nitrogens is 4. The molecule has 10 nitrogen and oxygen atoms in total. The number of hydrogen-bond acceptors (Lipinski definition) is 7. The van der Waals surface area contributed by atoms with Crippen LogP contribution in [0, 0.1) is 10.1 Å². The molecule has 4 heterocycles. The van der Waals surface area contributed by atoms with Crippen molar-refractivity contribution in [3.05, 3.63) is 46.5 Å². The van der Waals surface area contributed by atoms with Crippen molar-refractivity contribution in [3.63, 3.8) is 0 Å². The third-order valence-corrected chi connectivity index (χ3v) is 6.40. The number of fused-ring (bicyclic) bond motifs is 2. The Kier molecular flexibility index (Phi) is 4.96. The van der Waals surface area contributed by atoms with Gasteiger partial charge in [0, 0.05) is 42.9 Å². The molecule has 170 valence electrons. The second-order valence-corrected chi connectivity index (χ2v) is 8.46. The van der Waals surface area contributed by atoms with E-state index in [1.54, 1.807) is 12.1 Å². The Bertz CT molecular complexity index is 1330. The third kappa shape index (κ3) is 3.61. The molecule has 0 bridgehead atoms. The smallest absolute Gasteiger partial charge is 0.270 e. The number of hydrogen-bond donors (Lipinski definition) is 1. The summed E-state index contributed by atoms with van der Waals surface area (Å²) in [7, 11) is 0. The molecule has 6 rings (SSSR count). The maximum Gasteiger partial charge on any atom is 0.270 e. The minimum atomic E-state index is -0.384. The van der Waals surface area contributed by atoms with Crippen LogP contribution in [-0.2, 0) is 9.47 Å². The van der Waals surface area contributed by atoms with Crippen LogP contribution in [-0.4, -0.2) is 57.6 Å². The highest BCUT2D eigenvalue weighted by Gasteiger charge is 2.24. The van der Waals surface area contributed by atoms with Gasteiger partial charge in [-0.2, -0.15) is 5.10 Å². The molecule has 0 aliphatic carbocycles. The topological polar surface area (TPSA) is 111 Å². The molecule has 1 N–H and O–H groups in total. The van der Waals surface area contributed by atoms with Crippen LogP contribution in [0.4, 0.5) is 11.4 Å². The number of nitrogens with one attached hydrogen (secondary N) is 1. The van der Waals surface area contributed by atoms with Gasteiger partial charge >= 0.3 is 0 Å². The number of non-ortho nitro benzene ring substituents is 1. The van der Waals surface area contributed by atoms with Gasteiger partial charge in [0.05, 0.1) is 34.7 Å². The molecule has 2 aromatic heterocycles. The zero-order valence-corrected chi connectivity index (χ0v) is 18.1. The fourth-order valence-corrected chi connectivity index (χ4v) is 4.68. The predicted octanol–water partition coefficient (Wildman–Crippen LogP) is 4.02. The number of rotatable bonds is 4. The van der Waals surface area contributed by atoms with E-state index in [2.05, 4.69) is 22.0 Å². The zero-order chi connectivity index (χ0) is 22.4. The first-order valence-corrected chi connectivity index (χ1v) is 11.3. The molecule has 2 aliphatic heterocycles. The fraction of sp³-hybridized carbons (Fsp3) is 0.391. The molecule has 0 amide bonds. The first-order chi connectivity index (χ1) is 16.2. The summed E-state index contributed by atoms with van der Waals surface area (Å²) in [5.74, 6) is 0.587. The number of nitro benzene ring substituents is 1. The van der Waals surface area contributed by atoms with Gasteiger partial charge < -0.3 is 19.4 Å². The standard InChI is InChI=1S/C23H24N6O4/c30-29(31)16-5-7-20-17(13-16)22(26-28(20)21-3-1-2-10-33-21)23-24-18-6-4-15(14-19(18)25-23)27-8-11-32-12-9-27/h4-7,13-14,21H,1-3,8-12H2,(H,24,25). The quantitative estimate of drug-likeness (QED) is 0.371. The van der Waals surface area contributed by atoms with Gasteiger partial charge in [-0.3, -0.25) is 10.1 Å². The van der Waals surface area contributed by atoms with E-state index in [0.29, 0.717) is 23.5 Å². The molecule has 4 aromatic rings. The molecule has 2 aromatic carbocycles. The number of nitrogens with zero attached hydrogens (tertiary/aromatic N) is 5. The largest absolute Gasteiger partial charge is 0.378 e. The van der Waals surface area contributed by atoms with Crippen LogP contribution < -0.4 is 4.90 Å². The van der Waals surface area contributed by atoms with E-state index in [1.165, 1.54) is 6.07 Å². The van der Waals surface area contributed by atoms with Gasteiger partial charge in [-0.25, -0.2) is 9.67 Å². The number of H-pyrrole nitrogens is 1. The van der Waals surface area contributed by atoms with Crippen molar-refractivity contribution in [2.24, 2.45) is 0 Å². The first-order valence-electron chi connectivity index (χ1n) is 11.3. The van der Waals surface area contributed by atoms with Crippen molar-refractivity contribution < 1.29 is 14.4 Å². The van der Waals surface area contributed by atoms with Crippen molar-refractivity contribution in [2.45, 2.75) is 25.5 Å². The monoisotopic (exact) mass is 448 g/mol. The second kappa shape index (κ2) is 8.13. The van der Waals surface area contributed by atoms with Gasteiger partial charge in [0.25, 0.3) is 5.69 Å². The third-order valence-electron chi connectivity index (χ3n) is 6.40. The lowest BCUT2D eigenvalue weighted by Crippen LogP contribution is -2.36. The molecule has 33 heavy (non-hydrogen) atoms. The molecular weight excluding hydrogens is 424 g/mol. The van der Waals surface area contributed by atoms with Gasteiger partial charge in [0.2, 0.25) is 0 Å². The van der Waals surface area contributed by atoms with E-state index >= 15 is 0 Å². The van der Waals surface area contributed by atoms with Gasteiger partial charge in [-0.05, 0) is 43.5 Å². The zero-order valence-electron chi connectivity index (χ0n) is 18.1. The highest BCUT2D eigenvalue weighted by atomic mass is 16.6. The summed E-state index contributed by atoms with van der Waals surface area (Å²) in [5.41, 5.74) is 4.25. The second-order valence-electron chi connectivity index (χ2n) is 8.46. The fourth-order valence-electron chi connectivity index (χ4n) is 4.68. The lowest BCUT2D eigenvalue weighted by atomic mass is 10.1. The molecule has 0 saturated carbocycles. The van der Waals surface area contributed by atoms with Gasteiger partial charge in [-0.15, -0.1) is 0 Å². The average molecular weight is 448 g/mol. The minimum absolute atomic E-state index is 0.0265. The van der Waals surface area contributed by atoms with Crippen LogP contribution in [0.2, 0.25) is 0 Å². The highest BCUT2D eigenvalue weighted by Crippen LogP contribution is 2.35. The summed E-state index contributed by atoms with van der Waals surface area (Å²) in [6.07, 6.45) is 2.76. The van der Waals surface area contributed by atoms with Gasteiger partial charge in [-0.1, -0.05) is 0 Å². The van der Waals surface area contributed by atoms with Gasteiger partial charge in [0.15, 0.2) is 12.1 Å². The number of ether oxygens (including phenoxy) is 2. The lowest BCUT2D eigenvalue weighted by molar-refractivity contribution is -0.384. The van der Waals surface area contributed by atoms with E-state index in [9.17, 15) is 10.1 Å². The summed E-state index contributed by atoms with van der Waals surface area (Å²) in [6, 6.07) is 11.0. The van der Waals surface area contributed by atoms with Crippen LogP contribution in [0.3, 0.4) is 0 Å². The number of aromatic amines is 1. The van der Waals surface area contributed by atoms with E-state index < -0.39 is 0 Å². The Morgan fingerprint density at radius 2 is 1.97 bits per heavy atom. The SMILES string of the molecule is O=[N+]([O-])c1ccc2c(c1)c(-c1nc3ccc(N4CCOCC4)cc3[nH]1)nn2C1CCCCO1. The highest BCUT2D eigenvalue weighted by molar-refractivity contribution is 5.95. The van der Waals surface area contributed by atoms with Crippen molar-refractivity contribution in [3.8, 4) is 11.5 Å². The number of anilines is 1. The molecule has 1 atom stereocenters. The Morgan fingerprint density at radius 1 is 1.09 bits per heavy atom. The Balaban J connectivity index is 1.46. The van der Waals surface area contributed by atoms with E-state index in [1.807, 2.05) is 10.7 Å². The number of morpholine rings is 1. The predicted molar refractivity (Wildman–Crippen MR) is 123 cm³/mol. The number of imidazole rings is 1. The van der Waals surface area contributed by atoms with Crippen molar-refractivity contribution in [1.82, 2.24) is 19.7 Å². The van der Waals surface area contributed by atoms with Crippen LogP contribution in [0.5, 0.6) is 0 Å². The molecule has 2 saturated heterocycles. The van der Waals surface area contributed by atoms with Gasteiger partial charge in [0.1, 0.15) is 5.69 Å². The van der Waals surface area contributed by atoms with Crippen molar-refractivity contribution in [1.29, 1.82) is 0 Å². The molecule has 2 fully saturated rings.